The Bertz CT molecular complexity index is 412. The van der Waals surface area contributed by atoms with Crippen molar-refractivity contribution < 1.29 is 24.6 Å². The maximum atomic E-state index is 12.2. The summed E-state index contributed by atoms with van der Waals surface area (Å²) >= 11 is 0. The summed E-state index contributed by atoms with van der Waals surface area (Å²) in [5, 5.41) is 19.3. The number of hydrogen-bond donors (Lipinski definition) is 2. The molecule has 0 spiro atoms. The average Bonchev–Trinajstić information content (AvgIpc) is 2.41. The van der Waals surface area contributed by atoms with Crippen LogP contribution in [0, 0.1) is 17.8 Å². The largest absolute Gasteiger partial charge is 0.390 e. The Morgan fingerprint density at radius 2 is 1.67 bits per heavy atom. The van der Waals surface area contributed by atoms with Crippen LogP contribution in [0.2, 0.25) is 0 Å². The lowest BCUT2D eigenvalue weighted by atomic mass is 9.68. The molecule has 0 heterocycles. The number of rotatable bonds is 4. The van der Waals surface area contributed by atoms with Gasteiger partial charge in [-0.2, -0.15) is 0 Å². The SMILES string of the molecule is CCCC(=O)C1C(=O)CC(C2CCC(O)C(O)C2)CC1=O. The summed E-state index contributed by atoms with van der Waals surface area (Å²) in [7, 11) is 0. The minimum Gasteiger partial charge on any atom is -0.390 e. The summed E-state index contributed by atoms with van der Waals surface area (Å²) < 4.78 is 0. The van der Waals surface area contributed by atoms with E-state index in [4.69, 9.17) is 0 Å². The van der Waals surface area contributed by atoms with Crippen LogP contribution in [0.15, 0.2) is 0 Å². The molecule has 118 valence electrons. The molecule has 2 N–H and O–H groups in total. The predicted octanol–water partition coefficient (Wildman–Crippen LogP) is 1.04. The highest BCUT2D eigenvalue weighted by atomic mass is 16.3. The molecule has 2 saturated carbocycles. The smallest absolute Gasteiger partial charge is 0.151 e. The predicted molar refractivity (Wildman–Crippen MR) is 75.5 cm³/mol. The van der Waals surface area contributed by atoms with Crippen molar-refractivity contribution in [3.05, 3.63) is 0 Å². The maximum absolute atomic E-state index is 12.2. The highest BCUT2D eigenvalue weighted by Gasteiger charge is 2.43. The van der Waals surface area contributed by atoms with Gasteiger partial charge >= 0.3 is 0 Å². The highest BCUT2D eigenvalue weighted by molar-refractivity contribution is 6.20. The van der Waals surface area contributed by atoms with Crippen LogP contribution < -0.4 is 0 Å². The molecule has 3 unspecified atom stereocenters. The van der Waals surface area contributed by atoms with Crippen LogP contribution in [0.5, 0.6) is 0 Å². The van der Waals surface area contributed by atoms with Gasteiger partial charge in [0.05, 0.1) is 12.2 Å². The second-order valence-corrected chi connectivity index (χ2v) is 6.46. The molecular formula is C16H24O5. The molecule has 2 rings (SSSR count). The van der Waals surface area contributed by atoms with Crippen LogP contribution in [0.1, 0.15) is 51.9 Å². The van der Waals surface area contributed by atoms with Crippen LogP contribution in [-0.4, -0.2) is 39.8 Å². The van der Waals surface area contributed by atoms with E-state index < -0.39 is 18.1 Å². The van der Waals surface area contributed by atoms with Gasteiger partial charge in [0.25, 0.3) is 0 Å². The molecule has 3 atom stereocenters. The number of aliphatic hydroxyl groups excluding tert-OH is 2. The first-order valence-electron chi connectivity index (χ1n) is 7.88. The fourth-order valence-electron chi connectivity index (χ4n) is 3.68. The first kappa shape index (κ1) is 16.3. The van der Waals surface area contributed by atoms with Gasteiger partial charge in [0.2, 0.25) is 0 Å². The van der Waals surface area contributed by atoms with E-state index in [9.17, 15) is 24.6 Å². The fraction of sp³-hybridized carbons (Fsp3) is 0.812. The van der Waals surface area contributed by atoms with E-state index in [-0.39, 0.29) is 48.4 Å². The lowest BCUT2D eigenvalue weighted by molar-refractivity contribution is -0.145. The number of hydrogen-bond acceptors (Lipinski definition) is 5. The van der Waals surface area contributed by atoms with Gasteiger partial charge in [-0.15, -0.1) is 0 Å². The molecule has 21 heavy (non-hydrogen) atoms. The lowest BCUT2D eigenvalue weighted by Gasteiger charge is -2.37. The number of aliphatic hydroxyl groups is 2. The van der Waals surface area contributed by atoms with Crippen molar-refractivity contribution in [1.82, 2.24) is 0 Å². The topological polar surface area (TPSA) is 91.7 Å². The minimum atomic E-state index is -1.04. The Labute approximate surface area is 124 Å². The van der Waals surface area contributed by atoms with E-state index in [1.807, 2.05) is 6.92 Å². The summed E-state index contributed by atoms with van der Waals surface area (Å²) in [4.78, 5) is 36.2. The zero-order valence-corrected chi connectivity index (χ0v) is 12.5. The van der Waals surface area contributed by atoms with Gasteiger partial charge in [-0.3, -0.25) is 14.4 Å². The first-order valence-corrected chi connectivity index (χ1v) is 7.88. The van der Waals surface area contributed by atoms with E-state index in [2.05, 4.69) is 0 Å². The highest BCUT2D eigenvalue weighted by Crippen LogP contribution is 2.38. The normalized spacial score (nSPS) is 37.6. The number of carbonyl (C=O) groups excluding carboxylic acids is 3. The van der Waals surface area contributed by atoms with E-state index in [0.29, 0.717) is 19.3 Å². The molecule has 0 radical (unpaired) electrons. The third-order valence-corrected chi connectivity index (χ3v) is 4.88. The second-order valence-electron chi connectivity index (χ2n) is 6.46. The van der Waals surface area contributed by atoms with Crippen molar-refractivity contribution in [2.45, 2.75) is 64.1 Å². The van der Waals surface area contributed by atoms with Crippen LogP contribution in [0.4, 0.5) is 0 Å². The summed E-state index contributed by atoms with van der Waals surface area (Å²) in [5.41, 5.74) is 0. The monoisotopic (exact) mass is 296 g/mol. The van der Waals surface area contributed by atoms with Crippen LogP contribution in [-0.2, 0) is 14.4 Å². The summed E-state index contributed by atoms with van der Waals surface area (Å²) in [6, 6.07) is 0. The molecule has 0 bridgehead atoms. The molecule has 0 aliphatic heterocycles. The number of Topliss-reactive ketones (excluding diaryl/α,β-unsaturated/α-hetero) is 3. The van der Waals surface area contributed by atoms with E-state index in [1.54, 1.807) is 0 Å². The molecule has 5 nitrogen and oxygen atoms in total. The molecule has 2 fully saturated rings. The average molecular weight is 296 g/mol. The molecule has 0 aromatic carbocycles. The summed E-state index contributed by atoms with van der Waals surface area (Å²) in [6.45, 7) is 1.85. The van der Waals surface area contributed by atoms with E-state index in [1.165, 1.54) is 0 Å². The van der Waals surface area contributed by atoms with Crippen molar-refractivity contribution in [1.29, 1.82) is 0 Å². The van der Waals surface area contributed by atoms with Gasteiger partial charge < -0.3 is 10.2 Å². The molecular weight excluding hydrogens is 272 g/mol. The van der Waals surface area contributed by atoms with Gasteiger partial charge in [-0.05, 0) is 37.5 Å². The molecule has 0 saturated heterocycles. The van der Waals surface area contributed by atoms with E-state index in [0.717, 1.165) is 6.42 Å². The molecule has 0 aromatic rings. The molecule has 5 heteroatoms. The molecule has 0 amide bonds. The third kappa shape index (κ3) is 3.58. The minimum absolute atomic E-state index is 0.0820. The molecule has 2 aliphatic rings. The Balaban J connectivity index is 2.00. The van der Waals surface area contributed by atoms with Crippen LogP contribution in [0.25, 0.3) is 0 Å². The molecule has 0 aromatic heterocycles. The summed E-state index contributed by atoms with van der Waals surface area (Å²) in [5.74, 6) is -1.80. The molecule has 2 aliphatic carbocycles. The Kier molecular flexibility index (Phi) is 5.27. The van der Waals surface area contributed by atoms with Gasteiger partial charge in [-0.25, -0.2) is 0 Å². The van der Waals surface area contributed by atoms with Gasteiger partial charge in [0.15, 0.2) is 17.3 Å². The van der Waals surface area contributed by atoms with Crippen molar-refractivity contribution in [3.8, 4) is 0 Å². The van der Waals surface area contributed by atoms with E-state index >= 15 is 0 Å². The van der Waals surface area contributed by atoms with Crippen molar-refractivity contribution in [3.63, 3.8) is 0 Å². The van der Waals surface area contributed by atoms with Gasteiger partial charge in [0, 0.05) is 19.3 Å². The fourth-order valence-corrected chi connectivity index (χ4v) is 3.68. The van der Waals surface area contributed by atoms with Gasteiger partial charge in [0.1, 0.15) is 5.92 Å². The quantitative estimate of drug-likeness (QED) is 0.756. The number of ketones is 3. The van der Waals surface area contributed by atoms with Crippen LogP contribution in [0.3, 0.4) is 0 Å². The zero-order chi connectivity index (χ0) is 15.6. The van der Waals surface area contributed by atoms with Gasteiger partial charge in [-0.1, -0.05) is 6.92 Å². The zero-order valence-electron chi connectivity index (χ0n) is 12.5. The third-order valence-electron chi connectivity index (χ3n) is 4.88. The Hall–Kier alpha value is -1.07. The van der Waals surface area contributed by atoms with Crippen molar-refractivity contribution in [2.24, 2.45) is 17.8 Å². The summed E-state index contributed by atoms with van der Waals surface area (Å²) in [6.07, 6.45) is 1.61. The van der Waals surface area contributed by atoms with Crippen LogP contribution >= 0.6 is 0 Å². The first-order chi connectivity index (χ1) is 9.93. The number of carbonyl (C=O) groups is 3. The Morgan fingerprint density at radius 1 is 1.05 bits per heavy atom. The maximum Gasteiger partial charge on any atom is 0.151 e. The standard InChI is InChI=1S/C16H24O5/c1-2-3-12(18)16-14(20)7-10(8-15(16)21)9-4-5-11(17)13(19)6-9/h9-11,13,16-17,19H,2-8H2,1H3. The lowest BCUT2D eigenvalue weighted by Crippen LogP contribution is -2.43. The second kappa shape index (κ2) is 6.79. The van der Waals surface area contributed by atoms with Crippen molar-refractivity contribution in [2.75, 3.05) is 0 Å². The van der Waals surface area contributed by atoms with Crippen molar-refractivity contribution >= 4 is 17.3 Å². The Morgan fingerprint density at radius 3 is 2.19 bits per heavy atom.